The van der Waals surface area contributed by atoms with Crippen molar-refractivity contribution >= 4 is 0 Å². The van der Waals surface area contributed by atoms with Crippen LogP contribution in [0.1, 0.15) is 24.1 Å². The fourth-order valence-electron chi connectivity index (χ4n) is 3.46. The Labute approximate surface area is 104 Å². The molecule has 0 amide bonds. The summed E-state index contributed by atoms with van der Waals surface area (Å²) in [5, 5.41) is 3.51. The quantitative estimate of drug-likeness (QED) is 0.838. The van der Waals surface area contributed by atoms with Gasteiger partial charge in [-0.05, 0) is 49.9 Å². The van der Waals surface area contributed by atoms with E-state index in [4.69, 9.17) is 0 Å². The van der Waals surface area contributed by atoms with E-state index < -0.39 is 0 Å². The molecule has 3 unspecified atom stereocenters. The van der Waals surface area contributed by atoms with E-state index in [0.717, 1.165) is 11.8 Å². The molecule has 2 aliphatic rings. The van der Waals surface area contributed by atoms with Crippen LogP contribution in [0.15, 0.2) is 24.3 Å². The number of aryl methyl sites for hydroxylation is 1. The first-order valence-electron chi connectivity index (χ1n) is 6.76. The van der Waals surface area contributed by atoms with Crippen molar-refractivity contribution in [1.82, 2.24) is 10.2 Å². The molecule has 2 heteroatoms. The molecule has 0 radical (unpaired) electrons. The minimum atomic E-state index is 0.571. The van der Waals surface area contributed by atoms with Crippen molar-refractivity contribution in [1.29, 1.82) is 0 Å². The molecule has 2 nitrogen and oxygen atoms in total. The molecule has 2 aliphatic heterocycles. The third kappa shape index (κ3) is 2.00. The lowest BCUT2D eigenvalue weighted by atomic mass is 10.0. The van der Waals surface area contributed by atoms with Gasteiger partial charge in [0.25, 0.3) is 0 Å². The first kappa shape index (κ1) is 11.2. The Bertz CT molecular complexity index is 390. The molecular weight excluding hydrogens is 208 g/mol. The average molecular weight is 230 g/mol. The van der Waals surface area contributed by atoms with Crippen molar-refractivity contribution in [3.63, 3.8) is 0 Å². The Morgan fingerprint density at radius 3 is 2.47 bits per heavy atom. The maximum atomic E-state index is 3.51. The summed E-state index contributed by atoms with van der Waals surface area (Å²) in [5.74, 6) is 1.78. The summed E-state index contributed by atoms with van der Waals surface area (Å²) in [6.07, 6.45) is 0. The second-order valence-electron chi connectivity index (χ2n) is 5.66. The number of nitrogens with zero attached hydrogens (tertiary/aromatic N) is 1. The Morgan fingerprint density at radius 2 is 1.82 bits per heavy atom. The molecule has 92 valence electrons. The Hall–Kier alpha value is -0.860. The largest absolute Gasteiger partial charge is 0.316 e. The number of rotatable bonds is 2. The molecular formula is C15H22N2. The van der Waals surface area contributed by atoms with E-state index in [1.807, 2.05) is 0 Å². The van der Waals surface area contributed by atoms with Crippen LogP contribution in [-0.4, -0.2) is 31.1 Å². The lowest BCUT2D eigenvalue weighted by molar-refractivity contribution is 0.243. The van der Waals surface area contributed by atoms with Gasteiger partial charge in [-0.1, -0.05) is 24.3 Å². The standard InChI is InChI=1S/C15H22N2/c1-11-5-3-4-6-15(11)12(2)17-9-13-7-16-8-14(13)10-17/h3-6,12-14,16H,7-10H2,1-2H3. The van der Waals surface area contributed by atoms with E-state index >= 15 is 0 Å². The van der Waals surface area contributed by atoms with E-state index in [1.54, 1.807) is 0 Å². The highest BCUT2D eigenvalue weighted by molar-refractivity contribution is 5.28. The summed E-state index contributed by atoms with van der Waals surface area (Å²) in [4.78, 5) is 2.67. The molecule has 0 saturated carbocycles. The zero-order chi connectivity index (χ0) is 11.8. The Morgan fingerprint density at radius 1 is 1.18 bits per heavy atom. The summed E-state index contributed by atoms with van der Waals surface area (Å²) in [6.45, 7) is 9.57. The Kier molecular flexibility index (Phi) is 2.93. The molecule has 1 N–H and O–H groups in total. The third-order valence-corrected chi connectivity index (χ3v) is 4.60. The van der Waals surface area contributed by atoms with Gasteiger partial charge >= 0.3 is 0 Å². The molecule has 0 bridgehead atoms. The lowest BCUT2D eigenvalue weighted by Gasteiger charge is -2.26. The van der Waals surface area contributed by atoms with Gasteiger partial charge in [0.15, 0.2) is 0 Å². The van der Waals surface area contributed by atoms with Gasteiger partial charge in [0.2, 0.25) is 0 Å². The molecule has 1 aromatic rings. The number of hydrogen-bond acceptors (Lipinski definition) is 2. The van der Waals surface area contributed by atoms with Crippen LogP contribution in [0.5, 0.6) is 0 Å². The predicted molar refractivity (Wildman–Crippen MR) is 71.0 cm³/mol. The minimum absolute atomic E-state index is 0.571. The molecule has 3 atom stereocenters. The molecule has 2 heterocycles. The van der Waals surface area contributed by atoms with Crippen molar-refractivity contribution in [2.75, 3.05) is 26.2 Å². The molecule has 1 aromatic carbocycles. The maximum absolute atomic E-state index is 3.51. The highest BCUT2D eigenvalue weighted by Gasteiger charge is 2.37. The number of fused-ring (bicyclic) bond motifs is 1. The van der Waals surface area contributed by atoms with Gasteiger partial charge in [0.1, 0.15) is 0 Å². The Balaban J connectivity index is 1.75. The van der Waals surface area contributed by atoms with Crippen LogP contribution >= 0.6 is 0 Å². The van der Waals surface area contributed by atoms with Gasteiger partial charge < -0.3 is 5.32 Å². The van der Waals surface area contributed by atoms with Crippen LogP contribution in [0.25, 0.3) is 0 Å². The smallest absolute Gasteiger partial charge is 0.0322 e. The second-order valence-corrected chi connectivity index (χ2v) is 5.66. The zero-order valence-corrected chi connectivity index (χ0v) is 10.8. The average Bonchev–Trinajstić information content (AvgIpc) is 2.88. The molecule has 2 fully saturated rings. The van der Waals surface area contributed by atoms with Crippen molar-refractivity contribution in [3.05, 3.63) is 35.4 Å². The molecule has 0 aromatic heterocycles. The molecule has 0 aliphatic carbocycles. The first-order chi connectivity index (χ1) is 8.25. The van der Waals surface area contributed by atoms with Crippen LogP contribution in [0.3, 0.4) is 0 Å². The van der Waals surface area contributed by atoms with Crippen LogP contribution in [0.4, 0.5) is 0 Å². The summed E-state index contributed by atoms with van der Waals surface area (Å²) in [7, 11) is 0. The van der Waals surface area contributed by atoms with Gasteiger partial charge in [-0.15, -0.1) is 0 Å². The lowest BCUT2D eigenvalue weighted by Crippen LogP contribution is -2.28. The fourth-order valence-corrected chi connectivity index (χ4v) is 3.46. The van der Waals surface area contributed by atoms with E-state index in [2.05, 4.69) is 48.3 Å². The summed E-state index contributed by atoms with van der Waals surface area (Å²) >= 11 is 0. The highest BCUT2D eigenvalue weighted by atomic mass is 15.2. The van der Waals surface area contributed by atoms with Gasteiger partial charge in [-0.3, -0.25) is 4.90 Å². The van der Waals surface area contributed by atoms with Crippen LogP contribution in [-0.2, 0) is 0 Å². The zero-order valence-electron chi connectivity index (χ0n) is 10.8. The van der Waals surface area contributed by atoms with Crippen molar-refractivity contribution in [2.24, 2.45) is 11.8 Å². The topological polar surface area (TPSA) is 15.3 Å². The van der Waals surface area contributed by atoms with Gasteiger partial charge in [-0.25, -0.2) is 0 Å². The van der Waals surface area contributed by atoms with Crippen molar-refractivity contribution in [2.45, 2.75) is 19.9 Å². The normalized spacial score (nSPS) is 30.5. The summed E-state index contributed by atoms with van der Waals surface area (Å²) < 4.78 is 0. The number of hydrogen-bond donors (Lipinski definition) is 1. The molecule has 2 saturated heterocycles. The van der Waals surface area contributed by atoms with Gasteiger partial charge in [0, 0.05) is 19.1 Å². The molecule has 0 spiro atoms. The second kappa shape index (κ2) is 4.43. The fraction of sp³-hybridized carbons (Fsp3) is 0.600. The van der Waals surface area contributed by atoms with Gasteiger partial charge in [0.05, 0.1) is 0 Å². The van der Waals surface area contributed by atoms with Crippen LogP contribution < -0.4 is 5.32 Å². The summed E-state index contributed by atoms with van der Waals surface area (Å²) in [5.41, 5.74) is 2.93. The van der Waals surface area contributed by atoms with E-state index in [-0.39, 0.29) is 0 Å². The minimum Gasteiger partial charge on any atom is -0.316 e. The first-order valence-corrected chi connectivity index (χ1v) is 6.76. The predicted octanol–water partition coefficient (Wildman–Crippen LogP) is 2.21. The van der Waals surface area contributed by atoms with E-state index in [1.165, 1.54) is 37.3 Å². The number of nitrogens with one attached hydrogen (secondary N) is 1. The number of likely N-dealkylation sites (tertiary alicyclic amines) is 1. The van der Waals surface area contributed by atoms with Crippen molar-refractivity contribution < 1.29 is 0 Å². The third-order valence-electron chi connectivity index (χ3n) is 4.60. The van der Waals surface area contributed by atoms with Gasteiger partial charge in [-0.2, -0.15) is 0 Å². The van der Waals surface area contributed by atoms with Crippen LogP contribution in [0.2, 0.25) is 0 Å². The monoisotopic (exact) mass is 230 g/mol. The van der Waals surface area contributed by atoms with E-state index in [9.17, 15) is 0 Å². The highest BCUT2D eigenvalue weighted by Crippen LogP contribution is 2.33. The maximum Gasteiger partial charge on any atom is 0.0322 e. The number of benzene rings is 1. The summed E-state index contributed by atoms with van der Waals surface area (Å²) in [6, 6.07) is 9.38. The van der Waals surface area contributed by atoms with Crippen molar-refractivity contribution in [3.8, 4) is 0 Å². The SMILES string of the molecule is Cc1ccccc1C(C)N1CC2CNCC2C1. The molecule has 3 rings (SSSR count). The molecule has 17 heavy (non-hydrogen) atoms. The van der Waals surface area contributed by atoms with Crippen LogP contribution in [0, 0.1) is 18.8 Å². The van der Waals surface area contributed by atoms with E-state index in [0.29, 0.717) is 6.04 Å².